The van der Waals surface area contributed by atoms with Crippen molar-refractivity contribution in [1.82, 2.24) is 19.7 Å². The number of aromatic nitrogens is 3. The molecule has 0 bridgehead atoms. The third kappa shape index (κ3) is 4.06. The van der Waals surface area contributed by atoms with E-state index in [-0.39, 0.29) is 37.3 Å². The molecule has 0 radical (unpaired) electrons. The first-order valence-electron chi connectivity index (χ1n) is 9.75. The number of nitrogens with two attached hydrogens (primary N) is 1. The van der Waals surface area contributed by atoms with Crippen LogP contribution in [0.5, 0.6) is 6.01 Å². The van der Waals surface area contributed by atoms with E-state index in [1.165, 1.54) is 9.47 Å². The van der Waals surface area contributed by atoms with Crippen LogP contribution in [0.1, 0.15) is 39.3 Å². The topological polar surface area (TPSA) is 158 Å². The smallest absolute Gasteiger partial charge is 0.319 e. The number of amidine groups is 1. The summed E-state index contributed by atoms with van der Waals surface area (Å²) in [5.74, 6) is -1.03. The highest BCUT2D eigenvalue weighted by molar-refractivity contribution is 5.99. The van der Waals surface area contributed by atoms with Crippen LogP contribution < -0.4 is 5.73 Å². The van der Waals surface area contributed by atoms with E-state index in [4.69, 9.17) is 16.2 Å². The first-order valence-corrected chi connectivity index (χ1v) is 9.75. The molecule has 10 heteroatoms. The largest absolute Gasteiger partial charge is 0.481 e. The van der Waals surface area contributed by atoms with Crippen molar-refractivity contribution in [1.29, 1.82) is 5.41 Å². The molecule has 0 saturated carbocycles. The van der Waals surface area contributed by atoms with Gasteiger partial charge in [-0.25, -0.2) is 4.57 Å². The van der Waals surface area contributed by atoms with Crippen molar-refractivity contribution in [3.63, 3.8) is 0 Å². The third-order valence-electron chi connectivity index (χ3n) is 5.11. The van der Waals surface area contributed by atoms with E-state index in [1.54, 1.807) is 30.3 Å². The molecule has 5 N–H and O–H groups in total. The number of aromatic hydroxyl groups is 1. The molecule has 10 nitrogen and oxygen atoms in total. The molecule has 1 aliphatic rings. The Kier molecular flexibility index (Phi) is 5.42. The summed E-state index contributed by atoms with van der Waals surface area (Å²) >= 11 is 0. The number of nitrogens with zero attached hydrogens (tertiary/aromatic N) is 4. The van der Waals surface area contributed by atoms with Gasteiger partial charge in [-0.2, -0.15) is 0 Å². The summed E-state index contributed by atoms with van der Waals surface area (Å²) in [5, 5.41) is 34.3. The van der Waals surface area contributed by atoms with Crippen LogP contribution in [0, 0.1) is 5.41 Å². The standard InChI is InChI=1S/C22H20N6O4/c23-20(24)15-6-3-13(4-7-15)1-2-14-5-8-17-16(11-14)21(31)27(10-9-19(29)30)12-18-25-26-22(32)28(17)18/h1-8,11H,9-10,12H2,(H3,23,24)(H,26,32)(H,29,30)/b2-1+. The molecule has 0 saturated heterocycles. The predicted molar refractivity (Wildman–Crippen MR) is 116 cm³/mol. The molecule has 1 aliphatic heterocycles. The van der Waals surface area contributed by atoms with Gasteiger partial charge in [0.05, 0.1) is 24.2 Å². The maximum Gasteiger partial charge on any atom is 0.319 e. The average Bonchev–Trinajstić information content (AvgIpc) is 3.08. The van der Waals surface area contributed by atoms with Gasteiger partial charge in [0.15, 0.2) is 5.82 Å². The maximum atomic E-state index is 13.2. The fourth-order valence-corrected chi connectivity index (χ4v) is 3.47. The lowest BCUT2D eigenvalue weighted by Gasteiger charge is -2.19. The van der Waals surface area contributed by atoms with Gasteiger partial charge in [-0.3, -0.25) is 15.0 Å². The number of amides is 1. The van der Waals surface area contributed by atoms with E-state index in [1.807, 2.05) is 24.3 Å². The molecule has 4 rings (SSSR count). The Balaban J connectivity index is 1.69. The van der Waals surface area contributed by atoms with Gasteiger partial charge in [-0.1, -0.05) is 47.6 Å². The van der Waals surface area contributed by atoms with E-state index in [0.29, 0.717) is 22.6 Å². The van der Waals surface area contributed by atoms with Crippen LogP contribution >= 0.6 is 0 Å². The number of nitrogens with one attached hydrogen (secondary N) is 1. The molecular weight excluding hydrogens is 412 g/mol. The number of fused-ring (bicyclic) bond motifs is 3. The van der Waals surface area contributed by atoms with Crippen LogP contribution in [0.4, 0.5) is 0 Å². The minimum absolute atomic E-state index is 0.00376. The molecule has 2 heterocycles. The van der Waals surface area contributed by atoms with Crippen molar-refractivity contribution in [2.24, 2.45) is 5.73 Å². The maximum absolute atomic E-state index is 13.2. The van der Waals surface area contributed by atoms with Crippen LogP contribution in [0.2, 0.25) is 0 Å². The lowest BCUT2D eigenvalue weighted by molar-refractivity contribution is -0.137. The molecule has 0 spiro atoms. The SMILES string of the molecule is N=C(N)c1ccc(/C=C/c2ccc3c(c2)C(=O)N(CCC(=O)O)Cc2nnc(O)n2-3)cc1. The van der Waals surface area contributed by atoms with E-state index in [9.17, 15) is 14.7 Å². The zero-order chi connectivity index (χ0) is 22.8. The highest BCUT2D eigenvalue weighted by Gasteiger charge is 2.29. The second-order valence-electron chi connectivity index (χ2n) is 7.27. The van der Waals surface area contributed by atoms with Crippen molar-refractivity contribution >= 4 is 29.9 Å². The number of hydrogen-bond acceptors (Lipinski definition) is 6. The zero-order valence-corrected chi connectivity index (χ0v) is 16.9. The van der Waals surface area contributed by atoms with Gasteiger partial charge >= 0.3 is 12.0 Å². The summed E-state index contributed by atoms with van der Waals surface area (Å²) < 4.78 is 1.39. The molecule has 0 aliphatic carbocycles. The van der Waals surface area contributed by atoms with Crippen molar-refractivity contribution in [3.05, 3.63) is 70.5 Å². The third-order valence-corrected chi connectivity index (χ3v) is 5.11. The Morgan fingerprint density at radius 2 is 1.81 bits per heavy atom. The van der Waals surface area contributed by atoms with Crippen LogP contribution in [0.25, 0.3) is 17.8 Å². The number of hydrogen-bond donors (Lipinski definition) is 4. The Morgan fingerprint density at radius 3 is 2.50 bits per heavy atom. The van der Waals surface area contributed by atoms with Crippen molar-refractivity contribution in [2.45, 2.75) is 13.0 Å². The second kappa shape index (κ2) is 8.34. The van der Waals surface area contributed by atoms with Gasteiger partial charge in [0.2, 0.25) is 0 Å². The van der Waals surface area contributed by atoms with Gasteiger partial charge in [-0.05, 0) is 23.3 Å². The number of benzene rings is 2. The minimum Gasteiger partial charge on any atom is -0.481 e. The molecule has 32 heavy (non-hydrogen) atoms. The summed E-state index contributed by atoms with van der Waals surface area (Å²) in [6.07, 6.45) is 3.48. The lowest BCUT2D eigenvalue weighted by Crippen LogP contribution is -2.32. The summed E-state index contributed by atoms with van der Waals surface area (Å²) in [6.45, 7) is 0.0335. The normalized spacial score (nSPS) is 13.0. The number of carbonyl (C=O) groups is 2. The summed E-state index contributed by atoms with van der Waals surface area (Å²) in [4.78, 5) is 25.6. The highest BCUT2D eigenvalue weighted by Crippen LogP contribution is 2.28. The van der Waals surface area contributed by atoms with E-state index >= 15 is 0 Å². The molecule has 3 aromatic rings. The van der Waals surface area contributed by atoms with Gasteiger partial charge in [0.25, 0.3) is 5.91 Å². The molecule has 2 aromatic carbocycles. The molecule has 1 aromatic heterocycles. The average molecular weight is 432 g/mol. The molecule has 162 valence electrons. The van der Waals surface area contributed by atoms with Gasteiger partial charge in [0.1, 0.15) is 5.84 Å². The summed E-state index contributed by atoms with van der Waals surface area (Å²) in [7, 11) is 0. The number of aliphatic carboxylic acids is 1. The van der Waals surface area contributed by atoms with Crippen molar-refractivity contribution in [2.75, 3.05) is 6.54 Å². The summed E-state index contributed by atoms with van der Waals surface area (Å²) in [5.41, 5.74) is 8.46. The highest BCUT2D eigenvalue weighted by atomic mass is 16.4. The zero-order valence-electron chi connectivity index (χ0n) is 16.9. The number of nitrogen functional groups attached to an aromatic ring is 1. The minimum atomic E-state index is -1.01. The quantitative estimate of drug-likeness (QED) is 0.263. The van der Waals surface area contributed by atoms with Crippen molar-refractivity contribution < 1.29 is 19.8 Å². The summed E-state index contributed by atoms with van der Waals surface area (Å²) in [6, 6.07) is 12.0. The monoisotopic (exact) mass is 432 g/mol. The Bertz CT molecular complexity index is 1250. The van der Waals surface area contributed by atoms with Gasteiger partial charge < -0.3 is 20.8 Å². The van der Waals surface area contributed by atoms with Crippen LogP contribution in [0.15, 0.2) is 42.5 Å². The Labute approximate surface area is 182 Å². The molecule has 0 atom stereocenters. The fourth-order valence-electron chi connectivity index (χ4n) is 3.47. The molecular formula is C22H20N6O4. The number of carbonyl (C=O) groups excluding carboxylic acids is 1. The molecule has 0 unspecified atom stereocenters. The first kappa shape index (κ1) is 20.8. The molecule has 1 amide bonds. The second-order valence-corrected chi connectivity index (χ2v) is 7.27. The van der Waals surface area contributed by atoms with E-state index in [2.05, 4.69) is 10.2 Å². The van der Waals surface area contributed by atoms with Gasteiger partial charge in [-0.15, -0.1) is 5.10 Å². The van der Waals surface area contributed by atoms with Crippen LogP contribution in [-0.4, -0.2) is 54.1 Å². The predicted octanol–water partition coefficient (Wildman–Crippen LogP) is 1.86. The fraction of sp³-hybridized carbons (Fsp3) is 0.136. The van der Waals surface area contributed by atoms with E-state index in [0.717, 1.165) is 11.1 Å². The lowest BCUT2D eigenvalue weighted by atomic mass is 10.0. The van der Waals surface area contributed by atoms with E-state index < -0.39 is 5.97 Å². The number of carboxylic acids is 1. The van der Waals surface area contributed by atoms with Gasteiger partial charge in [0, 0.05) is 12.1 Å². The first-order chi connectivity index (χ1) is 15.3. The number of rotatable bonds is 6. The Morgan fingerprint density at radius 1 is 1.12 bits per heavy atom. The Hall–Kier alpha value is -4.47. The molecule has 0 fully saturated rings. The van der Waals surface area contributed by atoms with Crippen molar-refractivity contribution in [3.8, 4) is 11.7 Å². The number of carboxylic acid groups (broad SMARTS) is 1. The van der Waals surface area contributed by atoms with Crippen LogP contribution in [0.3, 0.4) is 0 Å². The van der Waals surface area contributed by atoms with Crippen LogP contribution in [-0.2, 0) is 11.3 Å².